The van der Waals surface area contributed by atoms with Crippen LogP contribution in [0.5, 0.6) is 5.75 Å². The van der Waals surface area contributed by atoms with Crippen LogP contribution in [0.3, 0.4) is 0 Å². The first kappa shape index (κ1) is 10.4. The molecule has 0 N–H and O–H groups in total. The number of aromatic nitrogens is 1. The maximum absolute atomic E-state index is 11.8. The summed E-state index contributed by atoms with van der Waals surface area (Å²) < 4.78 is 7.69. The van der Waals surface area contributed by atoms with Crippen LogP contribution < -0.4 is 4.74 Å². The summed E-state index contributed by atoms with van der Waals surface area (Å²) in [6, 6.07) is 7.93. The molecule has 1 atom stereocenters. The quantitative estimate of drug-likeness (QED) is 0.695. The molecule has 0 saturated carbocycles. The Morgan fingerprint density at radius 3 is 2.94 bits per heavy atom. The van der Waals surface area contributed by atoms with Gasteiger partial charge in [0.2, 0.25) is 5.91 Å². The van der Waals surface area contributed by atoms with Gasteiger partial charge in [-0.3, -0.25) is 9.36 Å². The van der Waals surface area contributed by atoms with Crippen molar-refractivity contribution in [2.24, 2.45) is 0 Å². The Bertz CT molecular complexity index is 598. The lowest BCUT2D eigenvalue weighted by atomic mass is 10.1. The fourth-order valence-corrected chi connectivity index (χ4v) is 2.58. The van der Waals surface area contributed by atoms with E-state index in [1.165, 1.54) is 0 Å². The zero-order valence-electron chi connectivity index (χ0n) is 10.1. The Morgan fingerprint density at radius 1 is 1.41 bits per heavy atom. The molecule has 3 nitrogen and oxygen atoms in total. The lowest BCUT2D eigenvalue weighted by molar-refractivity contribution is 0.0933. The van der Waals surface area contributed by atoms with Gasteiger partial charge in [-0.15, -0.1) is 0 Å². The highest BCUT2D eigenvalue weighted by molar-refractivity contribution is 5.97. The second-order valence-electron chi connectivity index (χ2n) is 4.61. The third-order valence-corrected chi connectivity index (χ3v) is 3.34. The molecular formula is C14H15NO2. The number of para-hydroxylation sites is 1. The molecule has 0 amide bonds. The van der Waals surface area contributed by atoms with Crippen molar-refractivity contribution in [3.05, 3.63) is 30.0 Å². The van der Waals surface area contributed by atoms with Crippen LogP contribution in [0.15, 0.2) is 24.3 Å². The first-order valence-corrected chi connectivity index (χ1v) is 5.98. The maximum Gasteiger partial charge on any atom is 0.228 e. The number of hydrogen-bond donors (Lipinski definition) is 0. The van der Waals surface area contributed by atoms with E-state index in [1.54, 1.807) is 11.5 Å². The Labute approximate surface area is 100.0 Å². The average molecular weight is 229 g/mol. The lowest BCUT2D eigenvalue weighted by Crippen LogP contribution is -2.21. The smallest absolute Gasteiger partial charge is 0.228 e. The van der Waals surface area contributed by atoms with Gasteiger partial charge in [0.1, 0.15) is 5.75 Å². The van der Waals surface area contributed by atoms with Crippen molar-refractivity contribution in [2.45, 2.75) is 32.8 Å². The number of rotatable bonds is 0. The SMILES string of the molecule is CC(=O)n1c2c(c3ccccc31)OC(C)CC2. The van der Waals surface area contributed by atoms with E-state index in [-0.39, 0.29) is 12.0 Å². The monoisotopic (exact) mass is 229 g/mol. The third kappa shape index (κ3) is 1.46. The van der Waals surface area contributed by atoms with Gasteiger partial charge in [0, 0.05) is 12.3 Å². The minimum Gasteiger partial charge on any atom is -0.488 e. The van der Waals surface area contributed by atoms with Crippen LogP contribution in [0.25, 0.3) is 10.9 Å². The van der Waals surface area contributed by atoms with Crippen LogP contribution in [-0.4, -0.2) is 16.6 Å². The Hall–Kier alpha value is -1.77. The molecule has 1 unspecified atom stereocenters. The molecule has 2 aromatic rings. The van der Waals surface area contributed by atoms with Gasteiger partial charge in [-0.1, -0.05) is 12.1 Å². The van der Waals surface area contributed by atoms with E-state index in [2.05, 4.69) is 6.92 Å². The Kier molecular flexibility index (Phi) is 2.21. The highest BCUT2D eigenvalue weighted by Gasteiger charge is 2.25. The summed E-state index contributed by atoms with van der Waals surface area (Å²) in [4.78, 5) is 11.8. The third-order valence-electron chi connectivity index (χ3n) is 3.34. The van der Waals surface area contributed by atoms with Gasteiger partial charge in [-0.05, 0) is 31.9 Å². The highest BCUT2D eigenvalue weighted by Crippen LogP contribution is 2.37. The van der Waals surface area contributed by atoms with Gasteiger partial charge >= 0.3 is 0 Å². The Balaban J connectivity index is 2.36. The molecule has 3 rings (SSSR count). The van der Waals surface area contributed by atoms with Crippen LogP contribution in [0.4, 0.5) is 0 Å². The summed E-state index contributed by atoms with van der Waals surface area (Å²) in [6.45, 7) is 3.67. The fraction of sp³-hybridized carbons (Fsp3) is 0.357. The minimum absolute atomic E-state index is 0.0561. The predicted octanol–water partition coefficient (Wildman–Crippen LogP) is 3.01. The predicted molar refractivity (Wildman–Crippen MR) is 66.6 cm³/mol. The van der Waals surface area contributed by atoms with Crippen molar-refractivity contribution < 1.29 is 9.53 Å². The minimum atomic E-state index is 0.0561. The van der Waals surface area contributed by atoms with Crippen LogP contribution in [0.1, 0.15) is 30.8 Å². The second kappa shape index (κ2) is 3.62. The summed E-state index contributed by atoms with van der Waals surface area (Å²) in [5.41, 5.74) is 1.98. The topological polar surface area (TPSA) is 31.2 Å². The number of hydrogen-bond acceptors (Lipinski definition) is 2. The fourth-order valence-electron chi connectivity index (χ4n) is 2.58. The van der Waals surface area contributed by atoms with Crippen molar-refractivity contribution in [3.63, 3.8) is 0 Å². The zero-order valence-corrected chi connectivity index (χ0v) is 10.1. The summed E-state index contributed by atoms with van der Waals surface area (Å²) in [5.74, 6) is 0.954. The van der Waals surface area contributed by atoms with Gasteiger partial charge < -0.3 is 4.74 Å². The molecule has 0 aliphatic carbocycles. The molecule has 88 valence electrons. The van der Waals surface area contributed by atoms with Gasteiger partial charge in [0.25, 0.3) is 0 Å². The highest BCUT2D eigenvalue weighted by atomic mass is 16.5. The molecule has 1 aliphatic heterocycles. The number of fused-ring (bicyclic) bond motifs is 3. The summed E-state index contributed by atoms with van der Waals surface area (Å²) >= 11 is 0. The number of carbonyl (C=O) groups excluding carboxylic acids is 1. The van der Waals surface area contributed by atoms with Crippen molar-refractivity contribution in [2.75, 3.05) is 0 Å². The van der Waals surface area contributed by atoms with E-state index in [0.717, 1.165) is 35.2 Å². The van der Waals surface area contributed by atoms with Gasteiger partial charge in [-0.2, -0.15) is 0 Å². The average Bonchev–Trinajstić information content (AvgIpc) is 2.63. The number of ether oxygens (including phenoxy) is 1. The van der Waals surface area contributed by atoms with Gasteiger partial charge in [0.15, 0.2) is 0 Å². The summed E-state index contributed by atoms with van der Waals surface area (Å²) in [7, 11) is 0. The molecular weight excluding hydrogens is 214 g/mol. The first-order chi connectivity index (χ1) is 8.18. The molecule has 0 bridgehead atoms. The van der Waals surface area contributed by atoms with Crippen molar-refractivity contribution in [1.29, 1.82) is 0 Å². The number of carbonyl (C=O) groups is 1. The standard InChI is InChI=1S/C14H15NO2/c1-9-7-8-13-14(17-9)11-5-3-4-6-12(11)15(13)10(2)16/h3-6,9H,7-8H2,1-2H3. The summed E-state index contributed by atoms with van der Waals surface area (Å²) in [6.07, 6.45) is 2.11. The van der Waals surface area contributed by atoms with Crippen LogP contribution in [0.2, 0.25) is 0 Å². The molecule has 0 spiro atoms. The lowest BCUT2D eigenvalue weighted by Gasteiger charge is -2.21. The maximum atomic E-state index is 11.8. The van der Waals surface area contributed by atoms with Crippen molar-refractivity contribution >= 4 is 16.8 Å². The molecule has 1 aromatic heterocycles. The van der Waals surface area contributed by atoms with Crippen LogP contribution in [-0.2, 0) is 6.42 Å². The van der Waals surface area contributed by atoms with Crippen molar-refractivity contribution in [3.8, 4) is 5.75 Å². The molecule has 3 heteroatoms. The number of benzene rings is 1. The summed E-state index contributed by atoms with van der Waals surface area (Å²) in [5, 5.41) is 1.05. The molecule has 0 radical (unpaired) electrons. The molecule has 0 fully saturated rings. The van der Waals surface area contributed by atoms with Gasteiger partial charge in [-0.25, -0.2) is 0 Å². The van der Waals surface area contributed by atoms with E-state index in [4.69, 9.17) is 4.74 Å². The zero-order chi connectivity index (χ0) is 12.0. The van der Waals surface area contributed by atoms with Crippen molar-refractivity contribution in [1.82, 2.24) is 4.57 Å². The van der Waals surface area contributed by atoms with E-state index in [9.17, 15) is 4.79 Å². The number of nitrogens with zero attached hydrogens (tertiary/aromatic N) is 1. The van der Waals surface area contributed by atoms with Crippen LogP contribution >= 0.6 is 0 Å². The van der Waals surface area contributed by atoms with E-state index < -0.39 is 0 Å². The van der Waals surface area contributed by atoms with E-state index in [0.29, 0.717) is 0 Å². The normalized spacial score (nSPS) is 18.8. The Morgan fingerprint density at radius 2 is 2.18 bits per heavy atom. The molecule has 1 aromatic carbocycles. The molecule has 1 aliphatic rings. The second-order valence-corrected chi connectivity index (χ2v) is 4.61. The molecule has 17 heavy (non-hydrogen) atoms. The molecule has 2 heterocycles. The molecule has 0 saturated heterocycles. The van der Waals surface area contributed by atoms with Crippen LogP contribution in [0, 0.1) is 0 Å². The van der Waals surface area contributed by atoms with E-state index in [1.807, 2.05) is 24.3 Å². The van der Waals surface area contributed by atoms with Gasteiger partial charge in [0.05, 0.1) is 17.3 Å². The largest absolute Gasteiger partial charge is 0.488 e. The first-order valence-electron chi connectivity index (χ1n) is 5.98. The van der Waals surface area contributed by atoms with E-state index >= 15 is 0 Å².